The SMILES string of the molecule is Cc1cc(C)c2c(ccn2C(=O)OC(C)(C)C)c1C[C@@H]1CCCN(C(=O)OC(C)(C)C)C[C@H]1c1ccc(C(=O)OC(C)(C)C)cc1. The average Bonchev–Trinajstić information content (AvgIpc) is 3.24. The molecule has 0 unspecified atom stereocenters. The van der Waals surface area contributed by atoms with Gasteiger partial charge in [0.1, 0.15) is 16.8 Å². The lowest BCUT2D eigenvalue weighted by atomic mass is 9.78. The van der Waals surface area contributed by atoms with Gasteiger partial charge in [-0.2, -0.15) is 0 Å². The van der Waals surface area contributed by atoms with Crippen molar-refractivity contribution in [2.75, 3.05) is 13.1 Å². The summed E-state index contributed by atoms with van der Waals surface area (Å²) in [6.45, 7) is 22.1. The number of likely N-dealkylation sites (tertiary alicyclic amines) is 1. The van der Waals surface area contributed by atoms with Crippen LogP contribution >= 0.6 is 0 Å². The Balaban J connectivity index is 1.73. The number of carbonyl (C=O) groups excluding carboxylic acids is 3. The maximum atomic E-state index is 13.3. The summed E-state index contributed by atoms with van der Waals surface area (Å²) < 4.78 is 18.7. The molecule has 0 N–H and O–H groups in total. The molecule has 8 nitrogen and oxygen atoms in total. The van der Waals surface area contributed by atoms with Gasteiger partial charge in [0.05, 0.1) is 11.1 Å². The molecule has 0 aliphatic carbocycles. The van der Waals surface area contributed by atoms with E-state index in [0.717, 1.165) is 41.3 Å². The van der Waals surface area contributed by atoms with Gasteiger partial charge in [-0.3, -0.25) is 4.57 Å². The lowest BCUT2D eigenvalue weighted by Gasteiger charge is -2.31. The summed E-state index contributed by atoms with van der Waals surface area (Å²) in [7, 11) is 0. The molecular weight excluding hydrogens is 580 g/mol. The van der Waals surface area contributed by atoms with E-state index in [-0.39, 0.29) is 23.9 Å². The van der Waals surface area contributed by atoms with Gasteiger partial charge < -0.3 is 19.1 Å². The lowest BCUT2D eigenvalue weighted by Crippen LogP contribution is -2.39. The number of carbonyl (C=O) groups is 3. The molecule has 0 bridgehead atoms. The van der Waals surface area contributed by atoms with Gasteiger partial charge in [-0.25, -0.2) is 14.4 Å². The third-order valence-corrected chi connectivity index (χ3v) is 8.16. The number of hydrogen-bond donors (Lipinski definition) is 0. The summed E-state index contributed by atoms with van der Waals surface area (Å²) in [5.74, 6) is -0.181. The number of aryl methyl sites for hydroxylation is 2. The first-order valence-electron chi connectivity index (χ1n) is 16.4. The molecule has 1 fully saturated rings. The van der Waals surface area contributed by atoms with Crippen molar-refractivity contribution in [3.8, 4) is 0 Å². The van der Waals surface area contributed by atoms with Gasteiger partial charge in [-0.05, 0) is 142 Å². The molecule has 2 heterocycles. The summed E-state index contributed by atoms with van der Waals surface area (Å²) in [6.07, 6.45) is 3.60. The van der Waals surface area contributed by atoms with E-state index in [1.54, 1.807) is 10.8 Å². The van der Waals surface area contributed by atoms with Crippen LogP contribution in [0.1, 0.15) is 114 Å². The van der Waals surface area contributed by atoms with E-state index >= 15 is 0 Å². The summed E-state index contributed by atoms with van der Waals surface area (Å²) in [5.41, 5.74) is 3.98. The fourth-order valence-corrected chi connectivity index (χ4v) is 6.31. The molecule has 1 aliphatic heterocycles. The van der Waals surface area contributed by atoms with Gasteiger partial charge in [0, 0.05) is 30.6 Å². The highest BCUT2D eigenvalue weighted by molar-refractivity contribution is 5.94. The number of ether oxygens (including phenoxy) is 3. The van der Waals surface area contributed by atoms with Gasteiger partial charge in [0.15, 0.2) is 0 Å². The monoisotopic (exact) mass is 632 g/mol. The Morgan fingerprint density at radius 1 is 0.783 bits per heavy atom. The van der Waals surface area contributed by atoms with E-state index in [9.17, 15) is 14.4 Å². The summed E-state index contributed by atoms with van der Waals surface area (Å²) >= 11 is 0. The fraction of sp³-hybridized carbons (Fsp3) is 0.553. The highest BCUT2D eigenvalue weighted by atomic mass is 16.6. The van der Waals surface area contributed by atoms with Crippen LogP contribution in [0.4, 0.5) is 9.59 Å². The molecule has 3 aromatic rings. The Morgan fingerprint density at radius 3 is 1.96 bits per heavy atom. The van der Waals surface area contributed by atoms with Crippen molar-refractivity contribution in [1.82, 2.24) is 9.47 Å². The third kappa shape index (κ3) is 8.71. The Bertz CT molecular complexity index is 1580. The van der Waals surface area contributed by atoms with E-state index in [4.69, 9.17) is 14.2 Å². The maximum Gasteiger partial charge on any atom is 0.418 e. The molecule has 1 amide bonds. The van der Waals surface area contributed by atoms with Gasteiger partial charge in [0.25, 0.3) is 0 Å². The first kappa shape index (κ1) is 35.1. The standard InChI is InChI=1S/C38H52N2O6/c1-24-21-25(2)32-29(18-20-40(32)35(43)46-38(9,10)11)30(24)22-28-13-12-19-39(34(42)45-37(6,7)8)23-31(28)26-14-16-27(17-15-26)33(41)44-36(3,4)5/h14-18,20-21,28,31H,12-13,19,22-23H2,1-11H3/t28-,31-/m0/s1. The average molecular weight is 633 g/mol. The lowest BCUT2D eigenvalue weighted by molar-refractivity contribution is 0.00686. The number of hydrogen-bond acceptors (Lipinski definition) is 6. The molecule has 0 spiro atoms. The van der Waals surface area contributed by atoms with E-state index < -0.39 is 22.9 Å². The second-order valence-corrected chi connectivity index (χ2v) is 15.7. The largest absolute Gasteiger partial charge is 0.456 e. The molecule has 0 radical (unpaired) electrons. The number of amides is 1. The predicted molar refractivity (Wildman–Crippen MR) is 182 cm³/mol. The zero-order chi connectivity index (χ0) is 34.2. The van der Waals surface area contributed by atoms with Crippen LogP contribution < -0.4 is 0 Å². The summed E-state index contributed by atoms with van der Waals surface area (Å²) in [4.78, 5) is 41.1. The maximum absolute atomic E-state index is 13.3. The fourth-order valence-electron chi connectivity index (χ4n) is 6.31. The van der Waals surface area contributed by atoms with Crippen molar-refractivity contribution < 1.29 is 28.6 Å². The molecule has 0 saturated carbocycles. The number of aromatic nitrogens is 1. The number of rotatable bonds is 4. The summed E-state index contributed by atoms with van der Waals surface area (Å²) in [6, 6.07) is 11.8. The predicted octanol–water partition coefficient (Wildman–Crippen LogP) is 8.97. The van der Waals surface area contributed by atoms with Crippen LogP contribution in [0, 0.1) is 19.8 Å². The van der Waals surface area contributed by atoms with E-state index in [2.05, 4.69) is 13.0 Å². The van der Waals surface area contributed by atoms with Crippen LogP contribution in [-0.4, -0.2) is 57.5 Å². The molecule has 46 heavy (non-hydrogen) atoms. The van der Waals surface area contributed by atoms with E-state index in [0.29, 0.717) is 18.7 Å². The minimum atomic E-state index is -0.609. The van der Waals surface area contributed by atoms with Gasteiger partial charge >= 0.3 is 18.2 Å². The highest BCUT2D eigenvalue weighted by Gasteiger charge is 2.34. The van der Waals surface area contributed by atoms with Crippen molar-refractivity contribution >= 4 is 29.1 Å². The quantitative estimate of drug-likeness (QED) is 0.211. The number of benzene rings is 2. The molecule has 2 atom stereocenters. The molecule has 4 rings (SSSR count). The Kier molecular flexibility index (Phi) is 10.0. The van der Waals surface area contributed by atoms with Gasteiger partial charge in [-0.15, -0.1) is 0 Å². The molecule has 8 heteroatoms. The minimum Gasteiger partial charge on any atom is -0.456 e. The Hall–Kier alpha value is -3.81. The number of esters is 1. The zero-order valence-corrected chi connectivity index (χ0v) is 29.6. The second kappa shape index (κ2) is 13.1. The van der Waals surface area contributed by atoms with Crippen molar-refractivity contribution in [2.45, 2.75) is 118 Å². The molecule has 1 saturated heterocycles. The first-order valence-corrected chi connectivity index (χ1v) is 16.4. The van der Waals surface area contributed by atoms with Crippen LogP contribution in [0.5, 0.6) is 0 Å². The van der Waals surface area contributed by atoms with Crippen molar-refractivity contribution in [3.63, 3.8) is 0 Å². The Morgan fingerprint density at radius 2 is 1.37 bits per heavy atom. The first-order chi connectivity index (χ1) is 21.2. The van der Waals surface area contributed by atoms with Gasteiger partial charge in [-0.1, -0.05) is 18.2 Å². The number of nitrogens with zero attached hydrogens (tertiary/aromatic N) is 2. The number of fused-ring (bicyclic) bond motifs is 1. The van der Waals surface area contributed by atoms with Crippen molar-refractivity contribution in [3.05, 3.63) is 70.4 Å². The van der Waals surface area contributed by atoms with Crippen LogP contribution in [0.15, 0.2) is 42.6 Å². The van der Waals surface area contributed by atoms with Crippen LogP contribution in [0.2, 0.25) is 0 Å². The molecule has 1 aromatic heterocycles. The van der Waals surface area contributed by atoms with Gasteiger partial charge in [0.2, 0.25) is 0 Å². The molecular formula is C38H52N2O6. The van der Waals surface area contributed by atoms with Crippen LogP contribution in [0.3, 0.4) is 0 Å². The molecule has 250 valence electrons. The smallest absolute Gasteiger partial charge is 0.418 e. The topological polar surface area (TPSA) is 87.1 Å². The van der Waals surface area contributed by atoms with E-state index in [1.165, 1.54) is 11.1 Å². The highest BCUT2D eigenvalue weighted by Crippen LogP contribution is 2.38. The van der Waals surface area contributed by atoms with Crippen LogP contribution in [-0.2, 0) is 20.6 Å². The summed E-state index contributed by atoms with van der Waals surface area (Å²) in [5, 5.41) is 1.04. The van der Waals surface area contributed by atoms with Crippen molar-refractivity contribution in [1.29, 1.82) is 0 Å². The van der Waals surface area contributed by atoms with Crippen molar-refractivity contribution in [2.24, 2.45) is 5.92 Å². The zero-order valence-electron chi connectivity index (χ0n) is 29.6. The van der Waals surface area contributed by atoms with Crippen LogP contribution in [0.25, 0.3) is 10.9 Å². The minimum absolute atomic E-state index is 0.00796. The molecule has 1 aliphatic rings. The normalized spacial score (nSPS) is 17.8. The third-order valence-electron chi connectivity index (χ3n) is 8.16. The second-order valence-electron chi connectivity index (χ2n) is 15.7. The van der Waals surface area contributed by atoms with E-state index in [1.807, 2.05) is 104 Å². The molecule has 2 aromatic carbocycles. The Labute approximate surface area is 274 Å².